The second-order valence-electron chi connectivity index (χ2n) is 7.73. The van der Waals surface area contributed by atoms with Crippen molar-refractivity contribution in [3.63, 3.8) is 0 Å². The van der Waals surface area contributed by atoms with Gasteiger partial charge in [-0.1, -0.05) is 6.07 Å². The second kappa shape index (κ2) is 10.1. The Morgan fingerprint density at radius 1 is 1.17 bits per heavy atom. The van der Waals surface area contributed by atoms with Crippen molar-refractivity contribution in [3.8, 4) is 17.2 Å². The molecule has 1 aromatic carbocycles. The van der Waals surface area contributed by atoms with Gasteiger partial charge < -0.3 is 14.6 Å². The highest BCUT2D eigenvalue weighted by atomic mass is 32.2. The van der Waals surface area contributed by atoms with Crippen LogP contribution < -0.4 is 9.46 Å². The third-order valence-electron chi connectivity index (χ3n) is 5.35. The van der Waals surface area contributed by atoms with Gasteiger partial charge in [-0.15, -0.1) is 10.2 Å². The Hall–Kier alpha value is -4.28. The Morgan fingerprint density at radius 2 is 1.92 bits per heavy atom. The summed E-state index contributed by atoms with van der Waals surface area (Å²) in [6.07, 6.45) is 5.26. The first-order valence-electron chi connectivity index (χ1n) is 10.7. The number of nitrogens with zero attached hydrogens (tertiary/aromatic N) is 6. The quantitative estimate of drug-likeness (QED) is 0.414. The average molecular weight is 510 g/mol. The van der Waals surface area contributed by atoms with Crippen LogP contribution in [0.15, 0.2) is 53.6 Å². The van der Waals surface area contributed by atoms with Gasteiger partial charge in [-0.05, 0) is 43.4 Å². The van der Waals surface area contributed by atoms with E-state index >= 15 is 0 Å². The fraction of sp³-hybridized carbons (Fsp3) is 0.261. The number of allylic oxidation sites excluding steroid dienone is 2. The summed E-state index contributed by atoms with van der Waals surface area (Å²) in [5.74, 6) is 2.84. The van der Waals surface area contributed by atoms with Gasteiger partial charge in [-0.3, -0.25) is 9.29 Å². The Morgan fingerprint density at radius 3 is 2.56 bits per heavy atom. The summed E-state index contributed by atoms with van der Waals surface area (Å²) in [6.45, 7) is 3.29. The number of aryl methyl sites for hydroxylation is 1. The van der Waals surface area contributed by atoms with Gasteiger partial charge in [0.1, 0.15) is 28.5 Å². The van der Waals surface area contributed by atoms with Crippen LogP contribution in [0.3, 0.4) is 0 Å². The first-order valence-corrected chi connectivity index (χ1v) is 12.2. The predicted molar refractivity (Wildman–Crippen MR) is 132 cm³/mol. The molecular weight excluding hydrogens is 486 g/mol. The van der Waals surface area contributed by atoms with Crippen molar-refractivity contribution in [3.05, 3.63) is 65.8 Å². The Balaban J connectivity index is 1.81. The third kappa shape index (κ3) is 4.77. The summed E-state index contributed by atoms with van der Waals surface area (Å²) in [5.41, 5.74) is 4.16. The van der Waals surface area contributed by atoms with E-state index in [1.54, 1.807) is 30.6 Å². The molecule has 3 heterocycles. The number of phenols is 1. The molecule has 2 aromatic heterocycles. The minimum Gasteiger partial charge on any atom is -0.506 e. The molecular formula is C23H23N7O5S. The normalized spacial score (nSPS) is 14.4. The maximum absolute atomic E-state index is 13.5. The molecule has 0 unspecified atom stereocenters. The van der Waals surface area contributed by atoms with Gasteiger partial charge in [0, 0.05) is 31.6 Å². The topological polar surface area (TPSA) is 154 Å². The number of phenolic OH excluding ortho intramolecular Hbond substituents is 1. The molecule has 12 nitrogen and oxygen atoms in total. The van der Waals surface area contributed by atoms with Crippen molar-refractivity contribution in [2.24, 2.45) is 4.99 Å². The van der Waals surface area contributed by atoms with E-state index in [0.717, 1.165) is 5.56 Å². The number of benzene rings is 1. The lowest BCUT2D eigenvalue weighted by molar-refractivity contribution is 0.0949. The number of sulfonamides is 1. The number of anilines is 1. The van der Waals surface area contributed by atoms with E-state index in [0.29, 0.717) is 5.57 Å². The van der Waals surface area contributed by atoms with E-state index < -0.39 is 21.4 Å². The summed E-state index contributed by atoms with van der Waals surface area (Å²) in [6, 6.07) is 4.63. The zero-order valence-electron chi connectivity index (χ0n) is 19.9. The zero-order chi connectivity index (χ0) is 25.9. The molecule has 0 saturated carbocycles. The van der Waals surface area contributed by atoms with Crippen molar-refractivity contribution < 1.29 is 23.0 Å². The van der Waals surface area contributed by atoms with Crippen LogP contribution in [-0.2, 0) is 14.8 Å². The molecule has 0 radical (unpaired) electrons. The maximum Gasteiger partial charge on any atom is 0.243 e. The lowest BCUT2D eigenvalue weighted by Crippen LogP contribution is -2.33. The van der Waals surface area contributed by atoms with Crippen molar-refractivity contribution >= 4 is 27.4 Å². The minimum atomic E-state index is -4.15. The molecule has 4 rings (SSSR count). The molecule has 0 bridgehead atoms. The van der Waals surface area contributed by atoms with E-state index in [2.05, 4.69) is 41.5 Å². The van der Waals surface area contributed by atoms with Crippen LogP contribution in [0.1, 0.15) is 30.2 Å². The smallest absolute Gasteiger partial charge is 0.243 e. The van der Waals surface area contributed by atoms with E-state index in [4.69, 9.17) is 9.47 Å². The average Bonchev–Trinajstić information content (AvgIpc) is 3.28. The van der Waals surface area contributed by atoms with E-state index in [9.17, 15) is 13.5 Å². The van der Waals surface area contributed by atoms with Gasteiger partial charge in [0.15, 0.2) is 11.6 Å². The molecule has 1 aliphatic heterocycles. The zero-order valence-corrected chi connectivity index (χ0v) is 20.7. The summed E-state index contributed by atoms with van der Waals surface area (Å²) in [5, 5.41) is 17.8. The lowest BCUT2D eigenvalue weighted by Gasteiger charge is -2.22. The monoisotopic (exact) mass is 509 g/mol. The molecule has 0 aliphatic carbocycles. The second-order valence-corrected chi connectivity index (χ2v) is 9.77. The van der Waals surface area contributed by atoms with Crippen LogP contribution in [0.5, 0.6) is 11.5 Å². The highest BCUT2D eigenvalue weighted by molar-refractivity contribution is 7.93. The van der Waals surface area contributed by atoms with Crippen LogP contribution in [0.2, 0.25) is 0 Å². The number of para-hydroxylation sites is 1. The highest BCUT2D eigenvalue weighted by Gasteiger charge is 2.35. The van der Waals surface area contributed by atoms with Crippen LogP contribution in [0.25, 0.3) is 11.3 Å². The molecule has 0 amide bonds. The maximum atomic E-state index is 13.5. The Bertz CT molecular complexity index is 1520. The first-order chi connectivity index (χ1) is 17.3. The molecule has 186 valence electrons. The molecule has 13 heteroatoms. The number of ether oxygens (including phenoxy) is 2. The summed E-state index contributed by atoms with van der Waals surface area (Å²) >= 11 is 0. The van der Waals surface area contributed by atoms with Crippen molar-refractivity contribution in [2.45, 2.75) is 25.2 Å². The van der Waals surface area contributed by atoms with Gasteiger partial charge in [0.2, 0.25) is 16.0 Å². The molecule has 1 aliphatic rings. The summed E-state index contributed by atoms with van der Waals surface area (Å²) < 4.78 is 41.6. The van der Waals surface area contributed by atoms with E-state index in [-0.39, 0.29) is 34.8 Å². The molecule has 2 atom stereocenters. The minimum absolute atomic E-state index is 0.126. The van der Waals surface area contributed by atoms with Gasteiger partial charge in [-0.2, -0.15) is 0 Å². The van der Waals surface area contributed by atoms with Gasteiger partial charge >= 0.3 is 0 Å². The van der Waals surface area contributed by atoms with Crippen molar-refractivity contribution in [1.82, 2.24) is 24.7 Å². The van der Waals surface area contributed by atoms with Gasteiger partial charge in [0.25, 0.3) is 0 Å². The largest absolute Gasteiger partial charge is 0.506 e. The van der Waals surface area contributed by atoms with Crippen molar-refractivity contribution in [1.29, 1.82) is 0 Å². The standard InChI is InChI=1S/C23H23N7O5S/c1-14-12-25-21(26-13-14)20(35-4)15(2)36(32,33)29-23-28-27-22(16-8-10-24-11-9-16)30(23)19-17(31)6-5-7-18(19)34-3/h5-8,10,12-13,15,20,31H,1-4H3,(H,28,29)/t15-,20-/m0/s1. The molecule has 36 heavy (non-hydrogen) atoms. The first kappa shape index (κ1) is 24.8. The summed E-state index contributed by atoms with van der Waals surface area (Å²) in [7, 11) is -1.35. The highest BCUT2D eigenvalue weighted by Crippen LogP contribution is 2.36. The summed E-state index contributed by atoms with van der Waals surface area (Å²) in [4.78, 5) is 12.2. The molecule has 0 saturated heterocycles. The predicted octanol–water partition coefficient (Wildman–Crippen LogP) is 2.33. The third-order valence-corrected chi connectivity index (χ3v) is 7.05. The number of aromatic hydroxyl groups is 1. The van der Waals surface area contributed by atoms with Crippen LogP contribution in [0.4, 0.5) is 5.95 Å². The Labute approximate surface area is 207 Å². The van der Waals surface area contributed by atoms with Gasteiger partial charge in [0.05, 0.1) is 12.7 Å². The lowest BCUT2D eigenvalue weighted by atomic mass is 10.2. The van der Waals surface area contributed by atoms with Gasteiger partial charge in [-0.25, -0.2) is 23.4 Å². The number of hydrogen-bond donors (Lipinski definition) is 2. The number of aromatic nitrogens is 5. The Kier molecular flexibility index (Phi) is 7.00. The number of methoxy groups -OCH3 is 2. The SMILES string of the molecule is COc1cccc(O)c1-n1c(NS(=O)(=O)[C@@H](C)[C@H](OC)c2ncc(C)cn2)nnc1C1=C=C=NC=C1. The van der Waals surface area contributed by atoms with Crippen LogP contribution in [-0.4, -0.2) is 63.6 Å². The fourth-order valence-electron chi connectivity index (χ4n) is 3.49. The number of rotatable bonds is 9. The molecule has 2 N–H and O–H groups in total. The fourth-order valence-corrected chi connectivity index (χ4v) is 4.62. The molecule has 3 aromatic rings. The van der Waals surface area contributed by atoms with Crippen molar-refractivity contribution in [2.75, 3.05) is 18.9 Å². The number of hydrogen-bond acceptors (Lipinski definition) is 10. The molecule has 0 spiro atoms. The van der Waals surface area contributed by atoms with E-state index in [1.165, 1.54) is 38.0 Å². The number of aliphatic imine (C=N–C) groups is 1. The van der Waals surface area contributed by atoms with Crippen LogP contribution >= 0.6 is 0 Å². The number of nitrogens with one attached hydrogen (secondary N) is 1. The molecule has 0 fully saturated rings. The van der Waals surface area contributed by atoms with Crippen LogP contribution in [0, 0.1) is 6.92 Å². The van der Waals surface area contributed by atoms with E-state index in [1.807, 2.05) is 6.92 Å².